The number of rotatable bonds is 3. The Morgan fingerprint density at radius 1 is 1.00 bits per heavy atom. The summed E-state index contributed by atoms with van der Waals surface area (Å²) in [5, 5.41) is 9.96. The van der Waals surface area contributed by atoms with E-state index >= 15 is 0 Å². The average molecular weight is 386 g/mol. The molecule has 2 rings (SSSR count). The fraction of sp³-hybridized carbons (Fsp3) is 0.895. The molecule has 0 radical (unpaired) electrons. The Morgan fingerprint density at radius 3 is 2.19 bits per heavy atom. The molecule has 0 aromatic rings. The molecule has 2 heterocycles. The molecule has 2 aliphatic rings. The van der Waals surface area contributed by atoms with Crippen LogP contribution in [0, 0.1) is 0 Å². The molecule has 1 N–H and O–H groups in total. The topological polar surface area (TPSA) is 88.5 Å². The minimum Gasteiger partial charge on any atom is -0.444 e. The Kier molecular flexibility index (Phi) is 6.63. The van der Waals surface area contributed by atoms with Gasteiger partial charge in [0, 0.05) is 6.54 Å². The Balaban J connectivity index is 1.83. The van der Waals surface area contributed by atoms with Crippen LogP contribution in [0.25, 0.3) is 0 Å². The van der Waals surface area contributed by atoms with E-state index < -0.39 is 23.4 Å². The van der Waals surface area contributed by atoms with Gasteiger partial charge in [-0.25, -0.2) is 9.59 Å². The summed E-state index contributed by atoms with van der Waals surface area (Å²) in [7, 11) is 0. The number of nitrogens with zero attached hydrogens (tertiary/aromatic N) is 2. The van der Waals surface area contributed by atoms with Crippen molar-refractivity contribution in [2.24, 2.45) is 0 Å². The number of aliphatic hydroxyl groups is 1. The van der Waals surface area contributed by atoms with Gasteiger partial charge >= 0.3 is 12.2 Å². The van der Waals surface area contributed by atoms with Gasteiger partial charge in [0.15, 0.2) is 0 Å². The Labute approximate surface area is 161 Å². The van der Waals surface area contributed by atoms with Crippen molar-refractivity contribution in [3.63, 3.8) is 0 Å². The fourth-order valence-corrected chi connectivity index (χ4v) is 3.20. The largest absolute Gasteiger partial charge is 0.444 e. The number of hydrogen-bond acceptors (Lipinski definition) is 6. The first-order chi connectivity index (χ1) is 12.3. The molecule has 2 fully saturated rings. The Bertz CT molecular complexity index is 539. The van der Waals surface area contributed by atoms with Crippen molar-refractivity contribution in [3.8, 4) is 0 Å². The van der Waals surface area contributed by atoms with Crippen molar-refractivity contribution in [1.29, 1.82) is 0 Å². The quantitative estimate of drug-likeness (QED) is 0.801. The molecule has 2 amide bonds. The summed E-state index contributed by atoms with van der Waals surface area (Å²) in [5.74, 6) is 0. The standard InChI is InChI=1S/C19H34N2O6/c1-18(2,3)26-16(23)20-8-7-15(11-20)25-12-13-9-14(22)10-21(13)17(24)27-19(4,5)6/h13-15,22H,7-12H2,1-6H3/t13-,14+,15+/m0/s1. The Hall–Kier alpha value is -1.54. The third-order valence-corrected chi connectivity index (χ3v) is 4.34. The molecular formula is C19H34N2O6. The van der Waals surface area contributed by atoms with E-state index in [1.54, 1.807) is 4.90 Å². The molecule has 27 heavy (non-hydrogen) atoms. The van der Waals surface area contributed by atoms with Gasteiger partial charge in [-0.2, -0.15) is 0 Å². The van der Waals surface area contributed by atoms with E-state index in [-0.39, 0.29) is 24.8 Å². The number of β-amino-alcohol motifs (C(OH)–C–C–N with tert-alkyl or cyclic N) is 1. The summed E-state index contributed by atoms with van der Waals surface area (Å²) in [5.41, 5.74) is -1.11. The van der Waals surface area contributed by atoms with E-state index in [9.17, 15) is 14.7 Å². The summed E-state index contributed by atoms with van der Waals surface area (Å²) in [6, 6.07) is -0.231. The van der Waals surface area contributed by atoms with E-state index in [2.05, 4.69) is 0 Å². The number of carbonyl (C=O) groups excluding carboxylic acids is 2. The first-order valence-electron chi connectivity index (χ1n) is 9.61. The highest BCUT2D eigenvalue weighted by Gasteiger charge is 2.38. The first-order valence-corrected chi connectivity index (χ1v) is 9.61. The van der Waals surface area contributed by atoms with Crippen molar-refractivity contribution in [2.45, 2.75) is 83.8 Å². The molecule has 0 aromatic heterocycles. The summed E-state index contributed by atoms with van der Waals surface area (Å²) in [4.78, 5) is 27.7. The lowest BCUT2D eigenvalue weighted by Gasteiger charge is -2.29. The molecule has 0 bridgehead atoms. The van der Waals surface area contributed by atoms with Gasteiger partial charge in [-0.05, 0) is 54.4 Å². The van der Waals surface area contributed by atoms with Gasteiger partial charge < -0.3 is 29.1 Å². The molecule has 8 nitrogen and oxygen atoms in total. The van der Waals surface area contributed by atoms with Crippen LogP contribution in [-0.2, 0) is 14.2 Å². The van der Waals surface area contributed by atoms with Gasteiger partial charge in [0.05, 0.1) is 37.9 Å². The second-order valence-electron chi connectivity index (χ2n) is 9.35. The van der Waals surface area contributed by atoms with Crippen LogP contribution in [-0.4, -0.2) is 82.8 Å². The summed E-state index contributed by atoms with van der Waals surface area (Å²) in [6.07, 6.45) is -0.263. The summed E-state index contributed by atoms with van der Waals surface area (Å²) < 4.78 is 16.7. The smallest absolute Gasteiger partial charge is 0.410 e. The van der Waals surface area contributed by atoms with Crippen molar-refractivity contribution < 1.29 is 28.9 Å². The third-order valence-electron chi connectivity index (χ3n) is 4.34. The highest BCUT2D eigenvalue weighted by Crippen LogP contribution is 2.23. The predicted octanol–water partition coefficient (Wildman–Crippen LogP) is 2.38. The van der Waals surface area contributed by atoms with Gasteiger partial charge in [0.2, 0.25) is 0 Å². The maximum absolute atomic E-state index is 12.4. The van der Waals surface area contributed by atoms with Gasteiger partial charge in [-0.15, -0.1) is 0 Å². The minimum absolute atomic E-state index is 0.101. The first kappa shape index (κ1) is 21.8. The monoisotopic (exact) mass is 386 g/mol. The highest BCUT2D eigenvalue weighted by atomic mass is 16.6. The predicted molar refractivity (Wildman–Crippen MR) is 99.5 cm³/mol. The maximum atomic E-state index is 12.4. The third kappa shape index (κ3) is 6.84. The molecule has 2 aliphatic heterocycles. The van der Waals surface area contributed by atoms with Crippen LogP contribution in [0.2, 0.25) is 0 Å². The lowest BCUT2D eigenvalue weighted by molar-refractivity contribution is -0.00485. The zero-order valence-electron chi connectivity index (χ0n) is 17.4. The molecule has 3 atom stereocenters. The fourth-order valence-electron chi connectivity index (χ4n) is 3.20. The van der Waals surface area contributed by atoms with Gasteiger partial charge in [-0.1, -0.05) is 0 Å². The van der Waals surface area contributed by atoms with E-state index in [0.29, 0.717) is 26.1 Å². The lowest BCUT2D eigenvalue weighted by atomic mass is 10.2. The molecule has 156 valence electrons. The van der Waals surface area contributed by atoms with Crippen LogP contribution in [0.15, 0.2) is 0 Å². The second kappa shape index (κ2) is 8.22. The lowest BCUT2D eigenvalue weighted by Crippen LogP contribution is -2.42. The van der Waals surface area contributed by atoms with Crippen LogP contribution in [0.1, 0.15) is 54.4 Å². The van der Waals surface area contributed by atoms with Crippen LogP contribution in [0.5, 0.6) is 0 Å². The van der Waals surface area contributed by atoms with Crippen LogP contribution < -0.4 is 0 Å². The maximum Gasteiger partial charge on any atom is 0.410 e. The van der Waals surface area contributed by atoms with Gasteiger partial charge in [0.25, 0.3) is 0 Å². The van der Waals surface area contributed by atoms with Crippen LogP contribution in [0.4, 0.5) is 9.59 Å². The molecule has 2 saturated heterocycles. The Morgan fingerprint density at radius 2 is 1.59 bits per heavy atom. The summed E-state index contributed by atoms with van der Waals surface area (Å²) >= 11 is 0. The number of ether oxygens (including phenoxy) is 3. The minimum atomic E-state index is -0.588. The number of amides is 2. The number of aliphatic hydroxyl groups excluding tert-OH is 1. The number of carbonyl (C=O) groups is 2. The molecule has 0 spiro atoms. The molecule has 0 unspecified atom stereocenters. The summed E-state index contributed by atoms with van der Waals surface area (Å²) in [6.45, 7) is 12.6. The van der Waals surface area contributed by atoms with Crippen molar-refractivity contribution >= 4 is 12.2 Å². The molecule has 0 aliphatic carbocycles. The molecule has 8 heteroatoms. The zero-order valence-corrected chi connectivity index (χ0v) is 17.4. The second-order valence-corrected chi connectivity index (χ2v) is 9.35. The van der Waals surface area contributed by atoms with Crippen LogP contribution in [0.3, 0.4) is 0 Å². The van der Waals surface area contributed by atoms with E-state index in [1.807, 2.05) is 41.5 Å². The SMILES string of the molecule is CC(C)(C)OC(=O)N1CC[C@@H](OC[C@@H]2C[C@@H](O)CN2C(=O)OC(C)(C)C)C1. The molecule has 0 aromatic carbocycles. The molecule has 0 saturated carbocycles. The normalized spacial score (nSPS) is 26.4. The van der Waals surface area contributed by atoms with Gasteiger partial charge in [0.1, 0.15) is 11.2 Å². The van der Waals surface area contributed by atoms with Crippen LogP contribution >= 0.6 is 0 Å². The number of hydrogen-bond donors (Lipinski definition) is 1. The number of likely N-dealkylation sites (tertiary alicyclic amines) is 2. The molecular weight excluding hydrogens is 352 g/mol. The average Bonchev–Trinajstić information content (AvgIpc) is 3.08. The zero-order chi connectivity index (χ0) is 20.4. The van der Waals surface area contributed by atoms with Gasteiger partial charge in [-0.3, -0.25) is 0 Å². The van der Waals surface area contributed by atoms with Crippen molar-refractivity contribution in [1.82, 2.24) is 9.80 Å². The van der Waals surface area contributed by atoms with E-state index in [0.717, 1.165) is 6.42 Å². The van der Waals surface area contributed by atoms with Crippen molar-refractivity contribution in [3.05, 3.63) is 0 Å². The van der Waals surface area contributed by atoms with E-state index in [4.69, 9.17) is 14.2 Å². The van der Waals surface area contributed by atoms with E-state index in [1.165, 1.54) is 4.90 Å². The highest BCUT2D eigenvalue weighted by molar-refractivity contribution is 5.69. The van der Waals surface area contributed by atoms with Crippen molar-refractivity contribution in [2.75, 3.05) is 26.2 Å².